The molecule has 2 heteroatoms. The number of fused-ring (bicyclic) bond motifs is 1. The lowest BCUT2D eigenvalue weighted by Crippen LogP contribution is -1.72. The molecule has 0 N–H and O–H groups in total. The van der Waals surface area contributed by atoms with Crippen LogP contribution in [-0.2, 0) is 0 Å². The summed E-state index contributed by atoms with van der Waals surface area (Å²) < 4.78 is 5.02. The van der Waals surface area contributed by atoms with Gasteiger partial charge in [-0.25, -0.2) is 0 Å². The molecule has 2 nitrogen and oxygen atoms in total. The summed E-state index contributed by atoms with van der Waals surface area (Å²) in [6, 6.07) is 6.09. The smallest absolute Gasteiger partial charge is 0.141 e. The minimum atomic E-state index is 0.892. The zero-order valence-corrected chi connectivity index (χ0v) is 6.59. The molecular weight excluding hydrogens is 138 g/mol. The maximum absolute atomic E-state index is 5.02. The molecule has 0 spiro atoms. The highest BCUT2D eigenvalue weighted by Crippen LogP contribution is 2.17. The van der Waals surface area contributed by atoms with Crippen LogP contribution in [0, 0.1) is 13.8 Å². The number of aromatic nitrogens is 1. The lowest BCUT2D eigenvalue weighted by molar-refractivity contribution is 0.405. The average Bonchev–Trinajstić information content (AvgIpc) is 2.33. The van der Waals surface area contributed by atoms with Gasteiger partial charge in [-0.2, -0.15) is 0 Å². The standard InChI is InChI=1S/C9H9NO/c1-6-3-4-9-8(5-6)7(2)11-10-9/h3-5H,1-2H3. The fraction of sp³-hybridized carbons (Fsp3) is 0.222. The zero-order valence-electron chi connectivity index (χ0n) is 6.59. The Kier molecular flexibility index (Phi) is 1.22. The maximum Gasteiger partial charge on any atom is 0.141 e. The van der Waals surface area contributed by atoms with Crippen molar-refractivity contribution in [3.63, 3.8) is 0 Å². The van der Waals surface area contributed by atoms with Crippen molar-refractivity contribution in [1.29, 1.82) is 0 Å². The molecule has 2 rings (SSSR count). The van der Waals surface area contributed by atoms with Crippen LogP contribution in [0.4, 0.5) is 0 Å². The quantitative estimate of drug-likeness (QED) is 0.572. The van der Waals surface area contributed by atoms with Gasteiger partial charge in [0.2, 0.25) is 0 Å². The largest absolute Gasteiger partial charge is 0.360 e. The Morgan fingerprint density at radius 1 is 1.27 bits per heavy atom. The van der Waals surface area contributed by atoms with E-state index in [-0.39, 0.29) is 0 Å². The number of aryl methyl sites for hydroxylation is 2. The maximum atomic E-state index is 5.02. The molecule has 2 aromatic rings. The molecule has 11 heavy (non-hydrogen) atoms. The number of hydrogen-bond acceptors (Lipinski definition) is 2. The molecular formula is C9H9NO. The molecule has 0 saturated heterocycles. The fourth-order valence-corrected chi connectivity index (χ4v) is 1.18. The van der Waals surface area contributed by atoms with E-state index in [1.165, 1.54) is 5.56 Å². The second-order valence-corrected chi connectivity index (χ2v) is 2.76. The normalized spacial score (nSPS) is 10.7. The summed E-state index contributed by atoms with van der Waals surface area (Å²) in [5, 5.41) is 5.00. The lowest BCUT2D eigenvalue weighted by Gasteiger charge is -1.89. The van der Waals surface area contributed by atoms with Crippen LogP contribution < -0.4 is 0 Å². The number of benzene rings is 1. The molecule has 0 aliphatic carbocycles. The molecule has 0 unspecified atom stereocenters. The molecule has 0 aliphatic rings. The summed E-state index contributed by atoms with van der Waals surface area (Å²) >= 11 is 0. The minimum Gasteiger partial charge on any atom is -0.360 e. The van der Waals surface area contributed by atoms with Crippen LogP contribution in [-0.4, -0.2) is 5.16 Å². The van der Waals surface area contributed by atoms with E-state index in [4.69, 9.17) is 4.52 Å². The van der Waals surface area contributed by atoms with Gasteiger partial charge in [-0.15, -0.1) is 0 Å². The predicted octanol–water partition coefficient (Wildman–Crippen LogP) is 2.44. The highest BCUT2D eigenvalue weighted by molar-refractivity contribution is 5.80. The van der Waals surface area contributed by atoms with Gasteiger partial charge in [0.15, 0.2) is 0 Å². The Bertz CT molecular complexity index is 389. The Labute approximate surface area is 64.8 Å². The van der Waals surface area contributed by atoms with Crippen LogP contribution in [0.1, 0.15) is 11.3 Å². The first-order valence-corrected chi connectivity index (χ1v) is 3.60. The van der Waals surface area contributed by atoms with E-state index in [1.54, 1.807) is 0 Å². The molecule has 0 fully saturated rings. The Morgan fingerprint density at radius 2 is 2.09 bits per heavy atom. The van der Waals surface area contributed by atoms with E-state index in [0.29, 0.717) is 0 Å². The van der Waals surface area contributed by atoms with E-state index in [1.807, 2.05) is 19.1 Å². The summed E-state index contributed by atoms with van der Waals surface area (Å²) in [6.07, 6.45) is 0. The zero-order chi connectivity index (χ0) is 7.84. The second-order valence-electron chi connectivity index (χ2n) is 2.76. The van der Waals surface area contributed by atoms with E-state index in [2.05, 4.69) is 18.1 Å². The fourth-order valence-electron chi connectivity index (χ4n) is 1.18. The molecule has 1 aromatic heterocycles. The van der Waals surface area contributed by atoms with Crippen molar-refractivity contribution in [2.24, 2.45) is 0 Å². The highest BCUT2D eigenvalue weighted by Gasteiger charge is 2.01. The van der Waals surface area contributed by atoms with Crippen molar-refractivity contribution < 1.29 is 4.52 Å². The summed E-state index contributed by atoms with van der Waals surface area (Å²) in [7, 11) is 0. The average molecular weight is 147 g/mol. The molecule has 0 saturated carbocycles. The van der Waals surface area contributed by atoms with Crippen LogP contribution in [0.2, 0.25) is 0 Å². The van der Waals surface area contributed by atoms with E-state index >= 15 is 0 Å². The van der Waals surface area contributed by atoms with Crippen molar-refractivity contribution in [3.05, 3.63) is 29.5 Å². The predicted molar refractivity (Wildman–Crippen MR) is 43.5 cm³/mol. The SMILES string of the molecule is Cc1ccc2noc(C)c2c1. The Hall–Kier alpha value is -1.31. The van der Waals surface area contributed by atoms with Gasteiger partial charge in [0.1, 0.15) is 11.3 Å². The summed E-state index contributed by atoms with van der Waals surface area (Å²) in [6.45, 7) is 3.99. The summed E-state index contributed by atoms with van der Waals surface area (Å²) in [5.74, 6) is 0.892. The van der Waals surface area contributed by atoms with Crippen LogP contribution in [0.25, 0.3) is 10.9 Å². The topological polar surface area (TPSA) is 26.0 Å². The lowest BCUT2D eigenvalue weighted by atomic mass is 10.1. The van der Waals surface area contributed by atoms with Gasteiger partial charge >= 0.3 is 0 Å². The van der Waals surface area contributed by atoms with Crippen LogP contribution in [0.15, 0.2) is 22.7 Å². The summed E-state index contributed by atoms with van der Waals surface area (Å²) in [5.41, 5.74) is 2.18. The van der Waals surface area contributed by atoms with Crippen molar-refractivity contribution in [1.82, 2.24) is 5.16 Å². The molecule has 0 amide bonds. The third-order valence-electron chi connectivity index (χ3n) is 1.81. The van der Waals surface area contributed by atoms with Crippen molar-refractivity contribution in [3.8, 4) is 0 Å². The molecule has 1 heterocycles. The third-order valence-corrected chi connectivity index (χ3v) is 1.81. The number of rotatable bonds is 0. The van der Waals surface area contributed by atoms with Crippen LogP contribution >= 0.6 is 0 Å². The molecule has 0 atom stereocenters. The van der Waals surface area contributed by atoms with Crippen molar-refractivity contribution in [2.45, 2.75) is 13.8 Å². The van der Waals surface area contributed by atoms with Gasteiger partial charge in [-0.1, -0.05) is 16.8 Å². The number of hydrogen-bond donors (Lipinski definition) is 0. The first kappa shape index (κ1) is 6.40. The van der Waals surface area contributed by atoms with Crippen LogP contribution in [0.3, 0.4) is 0 Å². The minimum absolute atomic E-state index is 0.892. The van der Waals surface area contributed by atoms with Gasteiger partial charge in [-0.05, 0) is 26.0 Å². The van der Waals surface area contributed by atoms with Gasteiger partial charge < -0.3 is 4.52 Å². The van der Waals surface area contributed by atoms with E-state index < -0.39 is 0 Å². The Balaban J connectivity index is 2.87. The molecule has 0 radical (unpaired) electrons. The molecule has 1 aromatic carbocycles. The van der Waals surface area contributed by atoms with E-state index in [9.17, 15) is 0 Å². The van der Waals surface area contributed by atoms with Crippen molar-refractivity contribution in [2.75, 3.05) is 0 Å². The van der Waals surface area contributed by atoms with Gasteiger partial charge in [0, 0.05) is 5.39 Å². The molecule has 0 aliphatic heterocycles. The molecule has 0 bridgehead atoms. The summed E-state index contributed by atoms with van der Waals surface area (Å²) in [4.78, 5) is 0. The third kappa shape index (κ3) is 0.909. The molecule has 56 valence electrons. The number of nitrogens with zero attached hydrogens (tertiary/aromatic N) is 1. The second kappa shape index (κ2) is 2.09. The Morgan fingerprint density at radius 3 is 2.91 bits per heavy atom. The van der Waals surface area contributed by atoms with Crippen LogP contribution in [0.5, 0.6) is 0 Å². The van der Waals surface area contributed by atoms with E-state index in [0.717, 1.165) is 16.7 Å². The monoisotopic (exact) mass is 147 g/mol. The van der Waals surface area contributed by atoms with Gasteiger partial charge in [-0.3, -0.25) is 0 Å². The van der Waals surface area contributed by atoms with Gasteiger partial charge in [0.05, 0.1) is 0 Å². The van der Waals surface area contributed by atoms with Gasteiger partial charge in [0.25, 0.3) is 0 Å². The van der Waals surface area contributed by atoms with Crippen molar-refractivity contribution >= 4 is 10.9 Å². The highest BCUT2D eigenvalue weighted by atomic mass is 16.5. The first-order valence-electron chi connectivity index (χ1n) is 3.60. The first-order chi connectivity index (χ1) is 5.27.